The van der Waals surface area contributed by atoms with E-state index in [1.54, 1.807) is 6.07 Å². The second-order valence-corrected chi connectivity index (χ2v) is 6.85. The highest BCUT2D eigenvalue weighted by molar-refractivity contribution is 9.08. The van der Waals surface area contributed by atoms with E-state index in [2.05, 4.69) is 20.9 Å². The first-order valence-corrected chi connectivity index (χ1v) is 9.31. The number of benzene rings is 2. The zero-order valence-corrected chi connectivity index (χ0v) is 14.9. The van der Waals surface area contributed by atoms with Gasteiger partial charge < -0.3 is 0 Å². The molecule has 0 saturated heterocycles. The van der Waals surface area contributed by atoms with Crippen LogP contribution in [0.4, 0.5) is 13.2 Å². The molecule has 0 aliphatic carbocycles. The van der Waals surface area contributed by atoms with Gasteiger partial charge >= 0.3 is 6.18 Å². The predicted molar refractivity (Wildman–Crippen MR) is 95.4 cm³/mol. The van der Waals surface area contributed by atoms with Gasteiger partial charge in [0.25, 0.3) is 0 Å². The van der Waals surface area contributed by atoms with Crippen molar-refractivity contribution in [3.63, 3.8) is 0 Å². The van der Waals surface area contributed by atoms with E-state index in [1.165, 1.54) is 23.4 Å². The second-order valence-electron chi connectivity index (χ2n) is 5.29. The molecule has 0 fully saturated rings. The number of hydrogen-bond acceptors (Lipinski definition) is 2. The maximum Gasteiger partial charge on any atom is 0.416 e. The minimum absolute atomic E-state index is 0.365. The normalized spacial score (nSPS) is 11.8. The molecule has 0 spiro atoms. The molecule has 6 heteroatoms. The Kier molecular flexibility index (Phi) is 5.15. The Morgan fingerprint density at radius 1 is 0.917 bits per heavy atom. The molecule has 0 atom stereocenters. The monoisotopic (exact) mass is 411 g/mol. The number of pyridine rings is 1. The van der Waals surface area contributed by atoms with Crippen molar-refractivity contribution in [1.29, 1.82) is 0 Å². The summed E-state index contributed by atoms with van der Waals surface area (Å²) in [5.41, 5.74) is 2.04. The number of alkyl halides is 4. The summed E-state index contributed by atoms with van der Waals surface area (Å²) in [6.07, 6.45) is -4.35. The van der Waals surface area contributed by atoms with Crippen LogP contribution in [0.2, 0.25) is 0 Å². The molecule has 2 aromatic carbocycles. The lowest BCUT2D eigenvalue weighted by atomic mass is 10.1. The van der Waals surface area contributed by atoms with Crippen molar-refractivity contribution in [2.75, 3.05) is 0 Å². The van der Waals surface area contributed by atoms with Crippen LogP contribution in [0, 0.1) is 0 Å². The Hall–Kier alpha value is -1.53. The summed E-state index contributed by atoms with van der Waals surface area (Å²) in [4.78, 5) is 4.35. The molecule has 3 rings (SSSR count). The summed E-state index contributed by atoms with van der Waals surface area (Å²) < 4.78 is 38.4. The molecule has 0 N–H and O–H groups in total. The highest BCUT2D eigenvalue weighted by atomic mass is 79.9. The highest BCUT2D eigenvalue weighted by Gasteiger charge is 2.30. The van der Waals surface area contributed by atoms with Gasteiger partial charge in [0.05, 0.1) is 16.1 Å². The van der Waals surface area contributed by atoms with Crippen molar-refractivity contribution >= 4 is 38.6 Å². The molecule has 0 amide bonds. The Morgan fingerprint density at radius 2 is 1.58 bits per heavy atom. The number of aromatic nitrogens is 1. The lowest BCUT2D eigenvalue weighted by molar-refractivity contribution is -0.137. The van der Waals surface area contributed by atoms with Gasteiger partial charge in [0.2, 0.25) is 0 Å². The summed E-state index contributed by atoms with van der Waals surface area (Å²) in [6, 6.07) is 15.5. The molecule has 24 heavy (non-hydrogen) atoms. The minimum Gasteiger partial charge on any atom is -0.241 e. The fourth-order valence-electron chi connectivity index (χ4n) is 2.24. The van der Waals surface area contributed by atoms with E-state index >= 15 is 0 Å². The van der Waals surface area contributed by atoms with Gasteiger partial charge in [-0.25, -0.2) is 4.98 Å². The van der Waals surface area contributed by atoms with E-state index in [1.807, 2.05) is 30.3 Å². The van der Waals surface area contributed by atoms with Crippen LogP contribution in [0.1, 0.15) is 16.7 Å². The third kappa shape index (κ3) is 4.11. The van der Waals surface area contributed by atoms with Crippen molar-refractivity contribution in [3.05, 3.63) is 71.3 Å². The summed E-state index contributed by atoms with van der Waals surface area (Å²) in [6.45, 7) is 0. The van der Waals surface area contributed by atoms with Crippen LogP contribution in [0.3, 0.4) is 0 Å². The quantitative estimate of drug-likeness (QED) is 0.361. The lowest BCUT2D eigenvalue weighted by Crippen LogP contribution is -2.04. The lowest BCUT2D eigenvalue weighted by Gasteiger charge is -2.08. The van der Waals surface area contributed by atoms with Crippen LogP contribution >= 0.6 is 27.7 Å². The van der Waals surface area contributed by atoms with Crippen molar-refractivity contribution in [1.82, 2.24) is 4.98 Å². The molecule has 3 aromatic rings. The molecule has 124 valence electrons. The Bertz CT molecular complexity index is 847. The standard InChI is InChI=1S/C18H13BrF3NS/c19-10-12-1-3-13(4-2-12)11-24-17-8-6-14-5-7-15(18(20,21)22)9-16(14)23-17/h1-9H,10-11H2. The first-order chi connectivity index (χ1) is 11.5. The summed E-state index contributed by atoms with van der Waals surface area (Å²) in [5, 5.41) is 2.23. The third-order valence-corrected chi connectivity index (χ3v) is 5.21. The van der Waals surface area contributed by atoms with Gasteiger partial charge in [-0.05, 0) is 29.3 Å². The van der Waals surface area contributed by atoms with Gasteiger partial charge in [0, 0.05) is 16.5 Å². The molecule has 0 radical (unpaired) electrons. The average Bonchev–Trinajstić information content (AvgIpc) is 2.59. The van der Waals surface area contributed by atoms with Crippen molar-refractivity contribution in [2.45, 2.75) is 22.3 Å². The van der Waals surface area contributed by atoms with Crippen LogP contribution in [0.25, 0.3) is 10.9 Å². The van der Waals surface area contributed by atoms with Gasteiger partial charge in [-0.3, -0.25) is 0 Å². The minimum atomic E-state index is -4.35. The summed E-state index contributed by atoms with van der Waals surface area (Å²) in [7, 11) is 0. The van der Waals surface area contributed by atoms with Crippen LogP contribution in [0.15, 0.2) is 59.6 Å². The molecule has 1 heterocycles. The van der Waals surface area contributed by atoms with Crippen LogP contribution in [-0.4, -0.2) is 4.98 Å². The van der Waals surface area contributed by atoms with Gasteiger partial charge in [0.1, 0.15) is 0 Å². The predicted octanol–water partition coefficient (Wildman–Crippen LogP) is 6.44. The molecule has 0 aliphatic rings. The summed E-state index contributed by atoms with van der Waals surface area (Å²) in [5.74, 6) is 0.722. The van der Waals surface area contributed by atoms with Gasteiger partial charge in [-0.1, -0.05) is 52.3 Å². The van der Waals surface area contributed by atoms with E-state index in [0.717, 1.165) is 28.8 Å². The van der Waals surface area contributed by atoms with E-state index in [9.17, 15) is 13.2 Å². The molecule has 1 nitrogen and oxygen atoms in total. The largest absolute Gasteiger partial charge is 0.416 e. The SMILES string of the molecule is FC(F)(F)c1ccc2ccc(SCc3ccc(CBr)cc3)nc2c1. The maximum absolute atomic E-state index is 12.8. The van der Waals surface area contributed by atoms with Crippen molar-refractivity contribution in [3.8, 4) is 0 Å². The number of hydrogen-bond donors (Lipinski definition) is 0. The Labute approximate surface area is 150 Å². The molecular weight excluding hydrogens is 399 g/mol. The van der Waals surface area contributed by atoms with E-state index in [4.69, 9.17) is 0 Å². The molecule has 0 bridgehead atoms. The number of nitrogens with zero attached hydrogens (tertiary/aromatic N) is 1. The zero-order chi connectivity index (χ0) is 17.2. The van der Waals surface area contributed by atoms with E-state index in [0.29, 0.717) is 15.9 Å². The van der Waals surface area contributed by atoms with E-state index < -0.39 is 11.7 Å². The van der Waals surface area contributed by atoms with Crippen LogP contribution in [-0.2, 0) is 17.3 Å². The van der Waals surface area contributed by atoms with Crippen LogP contribution < -0.4 is 0 Å². The highest BCUT2D eigenvalue weighted by Crippen LogP contribution is 2.32. The molecular formula is C18H13BrF3NS. The fourth-order valence-corrected chi connectivity index (χ4v) is 3.45. The van der Waals surface area contributed by atoms with Crippen molar-refractivity contribution in [2.24, 2.45) is 0 Å². The van der Waals surface area contributed by atoms with E-state index in [-0.39, 0.29) is 0 Å². The Balaban J connectivity index is 1.79. The van der Waals surface area contributed by atoms with Gasteiger partial charge in [-0.15, -0.1) is 11.8 Å². The summed E-state index contributed by atoms with van der Waals surface area (Å²) >= 11 is 4.92. The first kappa shape index (κ1) is 17.3. The first-order valence-electron chi connectivity index (χ1n) is 7.20. The smallest absolute Gasteiger partial charge is 0.241 e. The average molecular weight is 412 g/mol. The number of fused-ring (bicyclic) bond motifs is 1. The Morgan fingerprint density at radius 3 is 2.25 bits per heavy atom. The fraction of sp³-hybridized carbons (Fsp3) is 0.167. The van der Waals surface area contributed by atoms with Gasteiger partial charge in [-0.2, -0.15) is 13.2 Å². The van der Waals surface area contributed by atoms with Gasteiger partial charge in [0.15, 0.2) is 0 Å². The number of halogens is 4. The zero-order valence-electron chi connectivity index (χ0n) is 12.5. The molecule has 1 aromatic heterocycles. The number of rotatable bonds is 4. The molecule has 0 aliphatic heterocycles. The molecule has 0 unspecified atom stereocenters. The second kappa shape index (κ2) is 7.15. The maximum atomic E-state index is 12.8. The topological polar surface area (TPSA) is 12.9 Å². The van der Waals surface area contributed by atoms with Crippen LogP contribution in [0.5, 0.6) is 0 Å². The third-order valence-electron chi connectivity index (χ3n) is 3.56. The number of thioether (sulfide) groups is 1. The molecule has 0 saturated carbocycles. The van der Waals surface area contributed by atoms with Crippen molar-refractivity contribution < 1.29 is 13.2 Å².